The average molecular weight is 368 g/mol. The predicted molar refractivity (Wildman–Crippen MR) is 109 cm³/mol. The number of rotatable bonds is 7. The van der Waals surface area contributed by atoms with E-state index in [1.54, 1.807) is 0 Å². The Morgan fingerprint density at radius 1 is 1.15 bits per heavy atom. The summed E-state index contributed by atoms with van der Waals surface area (Å²) in [7, 11) is 1.98. The van der Waals surface area contributed by atoms with Gasteiger partial charge in [-0.1, -0.05) is 62.0 Å². The van der Waals surface area contributed by atoms with E-state index in [9.17, 15) is 4.79 Å². The van der Waals surface area contributed by atoms with Crippen molar-refractivity contribution in [2.24, 2.45) is 7.05 Å². The lowest BCUT2D eigenvalue weighted by atomic mass is 10.0. The Morgan fingerprint density at radius 3 is 2.58 bits per heavy atom. The molecular formula is C21H25N3OS. The molecule has 0 saturated heterocycles. The van der Waals surface area contributed by atoms with Crippen LogP contribution in [0.25, 0.3) is 11.0 Å². The number of para-hydroxylation sites is 2. The lowest BCUT2D eigenvalue weighted by molar-refractivity contribution is -0.118. The predicted octanol–water partition coefficient (Wildman–Crippen LogP) is 4.15. The fourth-order valence-electron chi connectivity index (χ4n) is 2.85. The minimum atomic E-state index is 0.0425. The van der Waals surface area contributed by atoms with E-state index in [4.69, 9.17) is 0 Å². The summed E-state index contributed by atoms with van der Waals surface area (Å²) in [6, 6.07) is 16.6. The molecule has 3 rings (SSSR count). The molecule has 136 valence electrons. The van der Waals surface area contributed by atoms with E-state index in [1.807, 2.05) is 35.9 Å². The molecule has 0 aliphatic carbocycles. The van der Waals surface area contributed by atoms with Gasteiger partial charge in [-0.3, -0.25) is 4.79 Å². The quantitative estimate of drug-likeness (QED) is 0.638. The third kappa shape index (κ3) is 4.47. The highest BCUT2D eigenvalue weighted by atomic mass is 32.2. The van der Waals surface area contributed by atoms with Gasteiger partial charge in [-0.2, -0.15) is 0 Å². The number of nitrogens with one attached hydrogen (secondary N) is 1. The average Bonchev–Trinajstić information content (AvgIpc) is 2.97. The smallest absolute Gasteiger partial charge is 0.230 e. The van der Waals surface area contributed by atoms with Crippen LogP contribution < -0.4 is 5.32 Å². The van der Waals surface area contributed by atoms with E-state index in [2.05, 4.69) is 48.4 Å². The van der Waals surface area contributed by atoms with E-state index in [0.717, 1.165) is 22.6 Å². The van der Waals surface area contributed by atoms with Crippen LogP contribution in [0, 0.1) is 0 Å². The van der Waals surface area contributed by atoms with Crippen molar-refractivity contribution in [2.45, 2.75) is 31.3 Å². The zero-order valence-corrected chi connectivity index (χ0v) is 16.3. The summed E-state index contributed by atoms with van der Waals surface area (Å²) >= 11 is 1.47. The van der Waals surface area contributed by atoms with Crippen LogP contribution in [0.3, 0.4) is 0 Å². The summed E-state index contributed by atoms with van der Waals surface area (Å²) < 4.78 is 2.03. The fraction of sp³-hybridized carbons (Fsp3) is 0.333. The number of fused-ring (bicyclic) bond motifs is 1. The van der Waals surface area contributed by atoms with Crippen LogP contribution >= 0.6 is 11.8 Å². The van der Waals surface area contributed by atoms with Crippen molar-refractivity contribution < 1.29 is 4.79 Å². The van der Waals surface area contributed by atoms with Crippen molar-refractivity contribution in [1.29, 1.82) is 0 Å². The van der Waals surface area contributed by atoms with Gasteiger partial charge < -0.3 is 9.88 Å². The Kier molecular flexibility index (Phi) is 5.99. The van der Waals surface area contributed by atoms with Gasteiger partial charge in [-0.15, -0.1) is 0 Å². The first-order valence-electron chi connectivity index (χ1n) is 8.94. The number of amides is 1. The molecule has 0 saturated carbocycles. The number of nitrogens with zero attached hydrogens (tertiary/aromatic N) is 2. The Bertz CT molecular complexity index is 884. The Hall–Kier alpha value is -2.27. The molecular weight excluding hydrogens is 342 g/mol. The Labute approximate surface area is 159 Å². The van der Waals surface area contributed by atoms with Gasteiger partial charge in [-0.05, 0) is 35.6 Å². The summed E-state index contributed by atoms with van der Waals surface area (Å²) in [5.74, 6) is 0.966. The number of thioether (sulfide) groups is 1. The van der Waals surface area contributed by atoms with Crippen molar-refractivity contribution in [2.75, 3.05) is 12.3 Å². The number of hydrogen-bond acceptors (Lipinski definition) is 3. The summed E-state index contributed by atoms with van der Waals surface area (Å²) in [6.45, 7) is 5.04. The van der Waals surface area contributed by atoms with E-state index >= 15 is 0 Å². The van der Waals surface area contributed by atoms with E-state index in [1.165, 1.54) is 22.9 Å². The lowest BCUT2D eigenvalue weighted by Gasteiger charge is -2.08. The van der Waals surface area contributed by atoms with E-state index in [-0.39, 0.29) is 5.91 Å². The Balaban J connectivity index is 1.46. The summed E-state index contributed by atoms with van der Waals surface area (Å²) in [6.07, 6.45) is 0.848. The molecule has 2 aromatic carbocycles. The zero-order chi connectivity index (χ0) is 18.5. The van der Waals surface area contributed by atoms with Gasteiger partial charge in [0, 0.05) is 13.6 Å². The third-order valence-corrected chi connectivity index (χ3v) is 5.49. The molecule has 1 N–H and O–H groups in total. The number of aromatic nitrogens is 2. The van der Waals surface area contributed by atoms with Crippen LogP contribution in [-0.4, -0.2) is 27.8 Å². The van der Waals surface area contributed by atoms with Crippen LogP contribution in [0.1, 0.15) is 30.9 Å². The molecule has 1 aromatic heterocycles. The van der Waals surface area contributed by atoms with Gasteiger partial charge in [0.1, 0.15) is 0 Å². The van der Waals surface area contributed by atoms with Gasteiger partial charge in [0.15, 0.2) is 5.16 Å². The molecule has 0 fully saturated rings. The van der Waals surface area contributed by atoms with Crippen LogP contribution in [0.4, 0.5) is 0 Å². The molecule has 0 bridgehead atoms. The summed E-state index contributed by atoms with van der Waals surface area (Å²) in [5, 5.41) is 3.86. The molecule has 5 heteroatoms. The number of aryl methyl sites for hydroxylation is 1. The van der Waals surface area contributed by atoms with Crippen LogP contribution in [0.5, 0.6) is 0 Å². The van der Waals surface area contributed by atoms with Gasteiger partial charge in [-0.25, -0.2) is 4.98 Å². The van der Waals surface area contributed by atoms with Crippen LogP contribution in [0.15, 0.2) is 53.7 Å². The highest BCUT2D eigenvalue weighted by Gasteiger charge is 2.10. The van der Waals surface area contributed by atoms with E-state index in [0.29, 0.717) is 18.2 Å². The normalized spacial score (nSPS) is 11.2. The van der Waals surface area contributed by atoms with E-state index < -0.39 is 0 Å². The SMILES string of the molecule is CC(C)c1ccc(CCNC(=O)CSc2nc3ccccc3n2C)cc1. The second-order valence-electron chi connectivity index (χ2n) is 6.73. The highest BCUT2D eigenvalue weighted by Crippen LogP contribution is 2.22. The minimum absolute atomic E-state index is 0.0425. The van der Waals surface area contributed by atoms with Crippen LogP contribution in [-0.2, 0) is 18.3 Å². The Morgan fingerprint density at radius 2 is 1.88 bits per heavy atom. The number of benzene rings is 2. The van der Waals surface area contributed by atoms with Crippen molar-refractivity contribution in [3.8, 4) is 0 Å². The fourth-order valence-corrected chi connectivity index (χ4v) is 3.67. The topological polar surface area (TPSA) is 46.9 Å². The number of carbonyl (C=O) groups is 1. The molecule has 3 aromatic rings. The van der Waals surface area contributed by atoms with Gasteiger partial charge >= 0.3 is 0 Å². The maximum Gasteiger partial charge on any atom is 0.230 e. The van der Waals surface area contributed by atoms with Crippen molar-refractivity contribution >= 4 is 28.7 Å². The molecule has 1 heterocycles. The first-order chi connectivity index (χ1) is 12.5. The molecule has 0 aliphatic heterocycles. The second-order valence-corrected chi connectivity index (χ2v) is 7.67. The maximum atomic E-state index is 12.1. The van der Waals surface area contributed by atoms with Crippen molar-refractivity contribution in [1.82, 2.24) is 14.9 Å². The molecule has 1 amide bonds. The second kappa shape index (κ2) is 8.41. The summed E-state index contributed by atoms with van der Waals surface area (Å²) in [5.41, 5.74) is 4.64. The first kappa shape index (κ1) is 18.5. The largest absolute Gasteiger partial charge is 0.355 e. The highest BCUT2D eigenvalue weighted by molar-refractivity contribution is 7.99. The molecule has 26 heavy (non-hydrogen) atoms. The van der Waals surface area contributed by atoms with Gasteiger partial charge in [0.05, 0.1) is 16.8 Å². The molecule has 4 nitrogen and oxygen atoms in total. The molecule has 0 radical (unpaired) electrons. The zero-order valence-electron chi connectivity index (χ0n) is 15.5. The number of hydrogen-bond donors (Lipinski definition) is 1. The maximum absolute atomic E-state index is 12.1. The summed E-state index contributed by atoms with van der Waals surface area (Å²) in [4.78, 5) is 16.7. The van der Waals surface area contributed by atoms with Gasteiger partial charge in [0.2, 0.25) is 5.91 Å². The lowest BCUT2D eigenvalue weighted by Crippen LogP contribution is -2.27. The molecule has 0 spiro atoms. The minimum Gasteiger partial charge on any atom is -0.355 e. The molecule has 0 unspecified atom stereocenters. The number of imidazole rings is 1. The van der Waals surface area contributed by atoms with Gasteiger partial charge in [0.25, 0.3) is 0 Å². The van der Waals surface area contributed by atoms with Crippen LogP contribution in [0.2, 0.25) is 0 Å². The van der Waals surface area contributed by atoms with Crippen molar-refractivity contribution in [3.63, 3.8) is 0 Å². The first-order valence-corrected chi connectivity index (χ1v) is 9.93. The molecule has 0 atom stereocenters. The monoisotopic (exact) mass is 367 g/mol. The third-order valence-electron chi connectivity index (χ3n) is 4.46. The molecule has 0 aliphatic rings. The standard InChI is InChI=1S/C21H25N3OS/c1-15(2)17-10-8-16(9-11-17)12-13-22-20(25)14-26-21-23-18-6-4-5-7-19(18)24(21)3/h4-11,15H,12-14H2,1-3H3,(H,22,25). The number of carbonyl (C=O) groups excluding carboxylic acids is 1. The van der Waals surface area contributed by atoms with Crippen molar-refractivity contribution in [3.05, 3.63) is 59.7 Å².